The Morgan fingerprint density at radius 2 is 2.44 bits per heavy atom. The molecule has 1 aromatic rings. The molecule has 98 valence electrons. The topological polar surface area (TPSA) is 91.3 Å². The number of nitrogens with zero attached hydrogens (tertiary/aromatic N) is 1. The molecule has 0 aromatic carbocycles. The Morgan fingerprint density at radius 1 is 1.61 bits per heavy atom. The first-order valence-electron chi connectivity index (χ1n) is 5.85. The van der Waals surface area contributed by atoms with Crippen LogP contribution in [0.2, 0.25) is 0 Å². The second kappa shape index (κ2) is 5.92. The van der Waals surface area contributed by atoms with Gasteiger partial charge >= 0.3 is 5.97 Å². The fourth-order valence-corrected chi connectivity index (χ4v) is 2.62. The van der Waals surface area contributed by atoms with Crippen molar-refractivity contribution >= 4 is 23.2 Å². The molecule has 1 amide bonds. The molecule has 0 aliphatic carbocycles. The number of rotatable bonds is 5. The van der Waals surface area contributed by atoms with Crippen molar-refractivity contribution in [2.24, 2.45) is 0 Å². The summed E-state index contributed by atoms with van der Waals surface area (Å²) >= 11 is 1.30. The van der Waals surface area contributed by atoms with E-state index in [0.717, 1.165) is 24.4 Å². The molecule has 1 saturated heterocycles. The third-order valence-electron chi connectivity index (χ3n) is 2.79. The smallest absolute Gasteiger partial charge is 0.355 e. The van der Waals surface area contributed by atoms with Gasteiger partial charge in [0.25, 0.3) is 0 Å². The highest BCUT2D eigenvalue weighted by atomic mass is 32.1. The van der Waals surface area contributed by atoms with E-state index in [0.29, 0.717) is 13.0 Å². The Labute approximate surface area is 108 Å². The molecule has 0 radical (unpaired) electrons. The fraction of sp³-hybridized carbons (Fsp3) is 0.545. The van der Waals surface area contributed by atoms with Gasteiger partial charge in [-0.05, 0) is 19.4 Å². The van der Waals surface area contributed by atoms with E-state index < -0.39 is 5.97 Å². The molecule has 0 saturated carbocycles. The van der Waals surface area contributed by atoms with E-state index in [2.05, 4.69) is 15.6 Å². The highest BCUT2D eigenvalue weighted by Crippen LogP contribution is 2.10. The summed E-state index contributed by atoms with van der Waals surface area (Å²) < 4.78 is 0. The molecule has 1 aliphatic heterocycles. The van der Waals surface area contributed by atoms with Crippen molar-refractivity contribution in [2.75, 3.05) is 13.1 Å². The van der Waals surface area contributed by atoms with Crippen molar-refractivity contribution in [3.05, 3.63) is 16.1 Å². The van der Waals surface area contributed by atoms with E-state index in [1.54, 1.807) is 0 Å². The van der Waals surface area contributed by atoms with Gasteiger partial charge in [-0.25, -0.2) is 9.78 Å². The lowest BCUT2D eigenvalue weighted by Gasteiger charge is -2.09. The molecule has 0 unspecified atom stereocenters. The van der Waals surface area contributed by atoms with E-state index in [-0.39, 0.29) is 17.6 Å². The number of aromatic nitrogens is 1. The summed E-state index contributed by atoms with van der Waals surface area (Å²) in [6.07, 6.45) is 2.48. The van der Waals surface area contributed by atoms with Crippen LogP contribution in [-0.2, 0) is 11.2 Å². The zero-order chi connectivity index (χ0) is 13.0. The molecule has 1 fully saturated rings. The first-order valence-corrected chi connectivity index (χ1v) is 6.73. The monoisotopic (exact) mass is 269 g/mol. The van der Waals surface area contributed by atoms with Gasteiger partial charge in [-0.2, -0.15) is 0 Å². The molecule has 18 heavy (non-hydrogen) atoms. The van der Waals surface area contributed by atoms with Crippen LogP contribution in [-0.4, -0.2) is 41.1 Å². The van der Waals surface area contributed by atoms with Crippen LogP contribution in [0.15, 0.2) is 5.38 Å². The molecule has 1 aromatic heterocycles. The molecular formula is C11H15N3O3S. The molecule has 2 heterocycles. The molecule has 3 N–H and O–H groups in total. The van der Waals surface area contributed by atoms with Crippen molar-refractivity contribution < 1.29 is 14.7 Å². The van der Waals surface area contributed by atoms with Crippen molar-refractivity contribution in [2.45, 2.75) is 25.3 Å². The highest BCUT2D eigenvalue weighted by Gasteiger charge is 2.21. The Morgan fingerprint density at radius 3 is 3.06 bits per heavy atom. The average molecular weight is 269 g/mol. The SMILES string of the molecule is O=C(O)c1csc(CCNC(=O)[C@@H]2CCCN2)n1. The zero-order valence-corrected chi connectivity index (χ0v) is 10.6. The number of hydrogen-bond acceptors (Lipinski definition) is 5. The summed E-state index contributed by atoms with van der Waals surface area (Å²) in [6, 6.07) is -0.0733. The third-order valence-corrected chi connectivity index (χ3v) is 3.69. The van der Waals surface area contributed by atoms with Gasteiger partial charge in [0.1, 0.15) is 0 Å². The Bertz CT molecular complexity index is 440. The van der Waals surface area contributed by atoms with E-state index in [9.17, 15) is 9.59 Å². The number of carbonyl (C=O) groups excluding carboxylic acids is 1. The van der Waals surface area contributed by atoms with Crippen molar-refractivity contribution in [3.8, 4) is 0 Å². The molecule has 7 heteroatoms. The molecule has 0 spiro atoms. The highest BCUT2D eigenvalue weighted by molar-refractivity contribution is 7.09. The maximum Gasteiger partial charge on any atom is 0.355 e. The number of nitrogens with one attached hydrogen (secondary N) is 2. The normalized spacial score (nSPS) is 18.8. The van der Waals surface area contributed by atoms with Crippen LogP contribution in [0, 0.1) is 0 Å². The Hall–Kier alpha value is -1.47. The third kappa shape index (κ3) is 3.27. The summed E-state index contributed by atoms with van der Waals surface area (Å²) in [5, 5.41) is 16.9. The van der Waals surface area contributed by atoms with Gasteiger partial charge in [-0.1, -0.05) is 0 Å². The second-order valence-electron chi connectivity index (χ2n) is 4.12. The molecule has 1 aliphatic rings. The van der Waals surface area contributed by atoms with E-state index in [1.165, 1.54) is 16.7 Å². The zero-order valence-electron chi connectivity index (χ0n) is 9.81. The minimum absolute atomic E-state index is 0.0162. The van der Waals surface area contributed by atoms with Gasteiger partial charge in [0.2, 0.25) is 5.91 Å². The van der Waals surface area contributed by atoms with Crippen molar-refractivity contribution in [1.29, 1.82) is 0 Å². The van der Waals surface area contributed by atoms with E-state index in [4.69, 9.17) is 5.11 Å². The van der Waals surface area contributed by atoms with E-state index >= 15 is 0 Å². The van der Waals surface area contributed by atoms with Crippen LogP contribution in [0.3, 0.4) is 0 Å². The number of hydrogen-bond donors (Lipinski definition) is 3. The summed E-state index contributed by atoms with van der Waals surface area (Å²) in [7, 11) is 0. The molecule has 1 atom stereocenters. The van der Waals surface area contributed by atoms with Crippen LogP contribution in [0.4, 0.5) is 0 Å². The standard InChI is InChI=1S/C11H15N3O3S/c15-10(7-2-1-4-12-7)13-5-3-9-14-8(6-18-9)11(16)17/h6-7,12H,1-5H2,(H,13,15)(H,16,17)/t7-/m0/s1. The van der Waals surface area contributed by atoms with Gasteiger partial charge in [0, 0.05) is 18.3 Å². The van der Waals surface area contributed by atoms with Gasteiger partial charge in [-0.3, -0.25) is 4.79 Å². The number of amides is 1. The number of carboxylic acid groups (broad SMARTS) is 1. The predicted molar refractivity (Wildman–Crippen MR) is 66.8 cm³/mol. The van der Waals surface area contributed by atoms with Crippen LogP contribution < -0.4 is 10.6 Å². The fourth-order valence-electron chi connectivity index (χ4n) is 1.85. The predicted octanol–water partition coefficient (Wildman–Crippen LogP) is 0.252. The maximum atomic E-state index is 11.7. The van der Waals surface area contributed by atoms with Crippen LogP contribution in [0.1, 0.15) is 28.3 Å². The van der Waals surface area contributed by atoms with Crippen LogP contribution >= 0.6 is 11.3 Å². The first kappa shape index (κ1) is 13.0. The number of aromatic carboxylic acids is 1. The first-order chi connectivity index (χ1) is 8.66. The van der Waals surface area contributed by atoms with E-state index in [1.807, 2.05) is 0 Å². The summed E-state index contributed by atoms with van der Waals surface area (Å²) in [6.45, 7) is 1.39. The average Bonchev–Trinajstić information content (AvgIpc) is 3.00. The lowest BCUT2D eigenvalue weighted by molar-refractivity contribution is -0.122. The van der Waals surface area contributed by atoms with Gasteiger partial charge < -0.3 is 15.7 Å². The molecule has 6 nitrogen and oxygen atoms in total. The van der Waals surface area contributed by atoms with Gasteiger partial charge in [0.15, 0.2) is 5.69 Å². The van der Waals surface area contributed by atoms with Crippen molar-refractivity contribution in [1.82, 2.24) is 15.6 Å². The summed E-state index contributed by atoms with van der Waals surface area (Å²) in [4.78, 5) is 26.3. The lowest BCUT2D eigenvalue weighted by atomic mass is 10.2. The molecule has 2 rings (SSSR count). The molecular weight excluding hydrogens is 254 g/mol. The maximum absolute atomic E-state index is 11.7. The van der Waals surface area contributed by atoms with Gasteiger partial charge in [0.05, 0.1) is 11.0 Å². The summed E-state index contributed by atoms with van der Waals surface area (Å²) in [5.41, 5.74) is 0.0683. The quantitative estimate of drug-likeness (QED) is 0.713. The molecule has 0 bridgehead atoms. The Balaban J connectivity index is 1.74. The number of carbonyl (C=O) groups is 2. The van der Waals surface area contributed by atoms with Crippen LogP contribution in [0.25, 0.3) is 0 Å². The minimum atomic E-state index is -1.02. The largest absolute Gasteiger partial charge is 0.476 e. The number of carboxylic acids is 1. The Kier molecular flexibility index (Phi) is 4.27. The number of thiazole rings is 1. The summed E-state index contributed by atoms with van der Waals surface area (Å²) in [5.74, 6) is -1.00. The van der Waals surface area contributed by atoms with Crippen molar-refractivity contribution in [3.63, 3.8) is 0 Å². The minimum Gasteiger partial charge on any atom is -0.476 e. The van der Waals surface area contributed by atoms with Crippen LogP contribution in [0.5, 0.6) is 0 Å². The second-order valence-corrected chi connectivity index (χ2v) is 5.06. The lowest BCUT2D eigenvalue weighted by Crippen LogP contribution is -2.41. The van der Waals surface area contributed by atoms with Gasteiger partial charge in [-0.15, -0.1) is 11.3 Å².